The van der Waals surface area contributed by atoms with Crippen molar-refractivity contribution < 1.29 is 9.47 Å². The van der Waals surface area contributed by atoms with Crippen molar-refractivity contribution in [3.8, 4) is 17.6 Å². The summed E-state index contributed by atoms with van der Waals surface area (Å²) in [7, 11) is 1.54. The zero-order valence-corrected chi connectivity index (χ0v) is 7.99. The van der Waals surface area contributed by atoms with Crippen LogP contribution in [0.5, 0.6) is 11.5 Å². The molecule has 0 unspecified atom stereocenters. The zero-order valence-electron chi connectivity index (χ0n) is 7.99. The fraction of sp³-hybridized carbons (Fsp3) is 0.182. The van der Waals surface area contributed by atoms with Gasteiger partial charge in [-0.25, -0.2) is 0 Å². The first-order valence-electron chi connectivity index (χ1n) is 4.14. The van der Waals surface area contributed by atoms with Crippen LogP contribution >= 0.6 is 0 Å². The van der Waals surface area contributed by atoms with E-state index in [2.05, 4.69) is 6.58 Å². The van der Waals surface area contributed by atoms with Gasteiger partial charge in [0.05, 0.1) is 12.7 Å². The predicted molar refractivity (Wildman–Crippen MR) is 53.4 cm³/mol. The molecule has 0 heterocycles. The molecule has 3 heteroatoms. The van der Waals surface area contributed by atoms with E-state index in [0.717, 1.165) is 0 Å². The van der Waals surface area contributed by atoms with E-state index in [1.54, 1.807) is 24.3 Å². The minimum Gasteiger partial charge on any atom is -0.493 e. The molecular formula is C11H11NO2. The van der Waals surface area contributed by atoms with E-state index in [1.807, 2.05) is 6.07 Å². The summed E-state index contributed by atoms with van der Waals surface area (Å²) in [6, 6.07) is 7.22. The predicted octanol–water partition coefficient (Wildman–Crippen LogP) is 2.13. The number of ether oxygens (including phenoxy) is 2. The van der Waals surface area contributed by atoms with Gasteiger partial charge in [-0.1, -0.05) is 18.7 Å². The highest BCUT2D eigenvalue weighted by atomic mass is 16.5. The monoisotopic (exact) mass is 189 g/mol. The Labute approximate surface area is 83.2 Å². The van der Waals surface area contributed by atoms with Gasteiger partial charge < -0.3 is 9.47 Å². The summed E-state index contributed by atoms with van der Waals surface area (Å²) in [6.45, 7) is 3.89. The van der Waals surface area contributed by atoms with Crippen LogP contribution in [0, 0.1) is 11.3 Å². The summed E-state index contributed by atoms with van der Waals surface area (Å²) in [4.78, 5) is 0. The van der Waals surface area contributed by atoms with Gasteiger partial charge in [0.25, 0.3) is 0 Å². The molecule has 0 saturated carbocycles. The quantitative estimate of drug-likeness (QED) is 0.681. The van der Waals surface area contributed by atoms with Crippen LogP contribution in [-0.4, -0.2) is 13.7 Å². The first kappa shape index (κ1) is 10.1. The maximum absolute atomic E-state index is 8.83. The Kier molecular flexibility index (Phi) is 3.57. The number of methoxy groups -OCH3 is 1. The maximum atomic E-state index is 8.83. The molecule has 1 aromatic carbocycles. The van der Waals surface area contributed by atoms with Gasteiger partial charge in [0, 0.05) is 0 Å². The number of hydrogen-bond donors (Lipinski definition) is 0. The third-order valence-electron chi connectivity index (χ3n) is 1.66. The number of nitriles is 1. The smallest absolute Gasteiger partial charge is 0.179 e. The fourth-order valence-electron chi connectivity index (χ4n) is 1.06. The maximum Gasteiger partial charge on any atom is 0.179 e. The van der Waals surface area contributed by atoms with E-state index < -0.39 is 0 Å². The molecule has 0 radical (unpaired) electrons. The molecule has 0 aliphatic heterocycles. The standard InChI is InChI=1S/C11H11NO2/c1-3-7-14-11-9(8-12)5-4-6-10(11)13-2/h3-6H,1,7H2,2H3. The summed E-state index contributed by atoms with van der Waals surface area (Å²) < 4.78 is 10.4. The highest BCUT2D eigenvalue weighted by Gasteiger charge is 2.08. The van der Waals surface area contributed by atoms with E-state index in [-0.39, 0.29) is 0 Å². The molecule has 0 spiro atoms. The molecule has 3 nitrogen and oxygen atoms in total. The number of nitrogens with zero attached hydrogens (tertiary/aromatic N) is 1. The molecule has 72 valence electrons. The molecule has 0 aliphatic rings. The molecule has 0 N–H and O–H groups in total. The molecule has 0 amide bonds. The first-order valence-corrected chi connectivity index (χ1v) is 4.14. The second kappa shape index (κ2) is 4.93. The van der Waals surface area contributed by atoms with Crippen LogP contribution in [0.25, 0.3) is 0 Å². The third kappa shape index (κ3) is 2.05. The van der Waals surface area contributed by atoms with Crippen molar-refractivity contribution in [1.29, 1.82) is 5.26 Å². The van der Waals surface area contributed by atoms with Crippen molar-refractivity contribution in [2.45, 2.75) is 0 Å². The summed E-state index contributed by atoms with van der Waals surface area (Å²) >= 11 is 0. The van der Waals surface area contributed by atoms with Crippen LogP contribution in [0.4, 0.5) is 0 Å². The molecule has 1 aromatic rings. The second-order valence-electron chi connectivity index (χ2n) is 2.55. The summed E-state index contributed by atoms with van der Waals surface area (Å²) in [6.07, 6.45) is 1.62. The lowest BCUT2D eigenvalue weighted by molar-refractivity contribution is 0.325. The van der Waals surface area contributed by atoms with Crippen molar-refractivity contribution in [2.75, 3.05) is 13.7 Å². The van der Waals surface area contributed by atoms with Crippen LogP contribution in [0.3, 0.4) is 0 Å². The Bertz CT molecular complexity index is 366. The lowest BCUT2D eigenvalue weighted by atomic mass is 10.2. The van der Waals surface area contributed by atoms with Crippen LogP contribution < -0.4 is 9.47 Å². The average Bonchev–Trinajstić information content (AvgIpc) is 2.25. The van der Waals surface area contributed by atoms with Gasteiger partial charge in [-0.05, 0) is 12.1 Å². The Morgan fingerprint density at radius 2 is 2.36 bits per heavy atom. The van der Waals surface area contributed by atoms with Gasteiger partial charge >= 0.3 is 0 Å². The van der Waals surface area contributed by atoms with Crippen molar-refractivity contribution in [3.05, 3.63) is 36.4 Å². The summed E-state index contributed by atoms with van der Waals surface area (Å²) in [5.41, 5.74) is 0.464. The van der Waals surface area contributed by atoms with Gasteiger partial charge in [0.1, 0.15) is 12.7 Å². The Hall–Kier alpha value is -1.95. The summed E-state index contributed by atoms with van der Waals surface area (Å²) in [5, 5.41) is 8.83. The van der Waals surface area contributed by atoms with E-state index in [1.165, 1.54) is 7.11 Å². The zero-order chi connectivity index (χ0) is 10.4. The Morgan fingerprint density at radius 3 is 2.93 bits per heavy atom. The molecule has 0 saturated heterocycles. The lowest BCUT2D eigenvalue weighted by Gasteiger charge is -2.09. The molecule has 0 fully saturated rings. The van der Waals surface area contributed by atoms with Crippen LogP contribution in [0.15, 0.2) is 30.9 Å². The van der Waals surface area contributed by atoms with E-state index in [0.29, 0.717) is 23.7 Å². The molecule has 0 aromatic heterocycles. The van der Waals surface area contributed by atoms with Gasteiger partial charge in [-0.2, -0.15) is 5.26 Å². The second-order valence-corrected chi connectivity index (χ2v) is 2.55. The van der Waals surface area contributed by atoms with Crippen molar-refractivity contribution >= 4 is 0 Å². The normalized spacial score (nSPS) is 8.86. The van der Waals surface area contributed by atoms with Crippen molar-refractivity contribution in [3.63, 3.8) is 0 Å². The SMILES string of the molecule is C=CCOc1c(C#N)cccc1OC. The number of hydrogen-bond acceptors (Lipinski definition) is 3. The lowest BCUT2D eigenvalue weighted by Crippen LogP contribution is -1.98. The van der Waals surface area contributed by atoms with E-state index in [9.17, 15) is 0 Å². The number of rotatable bonds is 4. The minimum atomic E-state index is 0.356. The van der Waals surface area contributed by atoms with Gasteiger partial charge in [0.15, 0.2) is 11.5 Å². The van der Waals surface area contributed by atoms with Crippen molar-refractivity contribution in [1.82, 2.24) is 0 Å². The van der Waals surface area contributed by atoms with Crippen LogP contribution in [0.1, 0.15) is 5.56 Å². The molecular weight excluding hydrogens is 178 g/mol. The molecule has 0 aliphatic carbocycles. The minimum absolute atomic E-state index is 0.356. The Morgan fingerprint density at radius 1 is 1.57 bits per heavy atom. The first-order chi connectivity index (χ1) is 6.83. The van der Waals surface area contributed by atoms with Gasteiger partial charge in [-0.3, -0.25) is 0 Å². The largest absolute Gasteiger partial charge is 0.493 e. The van der Waals surface area contributed by atoms with Crippen LogP contribution in [-0.2, 0) is 0 Å². The molecule has 1 rings (SSSR count). The van der Waals surface area contributed by atoms with E-state index >= 15 is 0 Å². The highest BCUT2D eigenvalue weighted by molar-refractivity contribution is 5.52. The van der Waals surface area contributed by atoms with Crippen LogP contribution in [0.2, 0.25) is 0 Å². The third-order valence-corrected chi connectivity index (χ3v) is 1.66. The van der Waals surface area contributed by atoms with Gasteiger partial charge in [-0.15, -0.1) is 0 Å². The molecule has 14 heavy (non-hydrogen) atoms. The van der Waals surface area contributed by atoms with E-state index in [4.69, 9.17) is 14.7 Å². The fourth-order valence-corrected chi connectivity index (χ4v) is 1.06. The topological polar surface area (TPSA) is 42.2 Å². The summed E-state index contributed by atoms with van der Waals surface area (Å²) in [5.74, 6) is 1.03. The average molecular weight is 189 g/mol. The molecule has 0 atom stereocenters. The molecule has 0 bridgehead atoms. The highest BCUT2D eigenvalue weighted by Crippen LogP contribution is 2.30. The number of para-hydroxylation sites is 1. The Balaban J connectivity index is 3.07. The van der Waals surface area contributed by atoms with Gasteiger partial charge in [0.2, 0.25) is 0 Å². The number of benzene rings is 1. The van der Waals surface area contributed by atoms with Crippen molar-refractivity contribution in [2.24, 2.45) is 0 Å².